The van der Waals surface area contributed by atoms with Gasteiger partial charge in [-0.15, -0.1) is 4.91 Å². The Kier molecular flexibility index (Phi) is 2.32. The van der Waals surface area contributed by atoms with Crippen LogP contribution in [-0.4, -0.2) is 12.7 Å². The highest BCUT2D eigenvalue weighted by molar-refractivity contribution is 4.50. The SMILES string of the molecule is O=NC(F)C(F)F. The van der Waals surface area contributed by atoms with Gasteiger partial charge in [-0.25, -0.2) is 13.2 Å². The van der Waals surface area contributed by atoms with Crippen LogP contribution >= 0.6 is 0 Å². The van der Waals surface area contributed by atoms with E-state index in [0.717, 1.165) is 0 Å². The van der Waals surface area contributed by atoms with E-state index in [4.69, 9.17) is 4.91 Å². The van der Waals surface area contributed by atoms with E-state index >= 15 is 0 Å². The quantitative estimate of drug-likeness (QED) is 0.392. The monoisotopic (exact) mass is 113 g/mol. The Labute approximate surface area is 37.3 Å². The fourth-order valence-corrected chi connectivity index (χ4v) is 0.0460. The van der Waals surface area contributed by atoms with E-state index in [-0.39, 0.29) is 0 Å². The van der Waals surface area contributed by atoms with E-state index in [9.17, 15) is 13.2 Å². The van der Waals surface area contributed by atoms with E-state index in [1.807, 2.05) is 0 Å². The van der Waals surface area contributed by atoms with Crippen LogP contribution in [-0.2, 0) is 0 Å². The minimum absolute atomic E-state index is 1.42. The van der Waals surface area contributed by atoms with Crippen molar-refractivity contribution in [3.63, 3.8) is 0 Å². The minimum Gasteiger partial charge on any atom is -0.211 e. The van der Waals surface area contributed by atoms with Crippen LogP contribution in [0.5, 0.6) is 0 Å². The molecule has 0 aromatic rings. The predicted molar refractivity (Wildman–Crippen MR) is 16.7 cm³/mol. The third-order valence-corrected chi connectivity index (χ3v) is 0.309. The van der Waals surface area contributed by atoms with Gasteiger partial charge < -0.3 is 0 Å². The van der Waals surface area contributed by atoms with Crippen LogP contribution in [0.4, 0.5) is 13.2 Å². The molecule has 0 spiro atoms. The van der Waals surface area contributed by atoms with Crippen LogP contribution in [0, 0.1) is 4.91 Å². The van der Waals surface area contributed by atoms with Gasteiger partial charge in [-0.05, 0) is 5.18 Å². The lowest BCUT2D eigenvalue weighted by Crippen LogP contribution is -2.06. The Morgan fingerprint density at radius 2 is 1.71 bits per heavy atom. The summed E-state index contributed by atoms with van der Waals surface area (Å²) in [6.45, 7) is 0. The van der Waals surface area contributed by atoms with Gasteiger partial charge in [0.15, 0.2) is 0 Å². The first kappa shape index (κ1) is 6.39. The fourth-order valence-electron chi connectivity index (χ4n) is 0.0460. The molecule has 0 radical (unpaired) electrons. The van der Waals surface area contributed by atoms with Crippen LogP contribution in [0.25, 0.3) is 0 Å². The lowest BCUT2D eigenvalue weighted by atomic mass is 10.7. The molecule has 0 aliphatic carbocycles. The van der Waals surface area contributed by atoms with Crippen LogP contribution < -0.4 is 0 Å². The van der Waals surface area contributed by atoms with Gasteiger partial charge in [0.2, 0.25) is 0 Å². The zero-order valence-electron chi connectivity index (χ0n) is 3.14. The average Bonchev–Trinajstić information content (AvgIpc) is 1.65. The molecule has 0 aromatic carbocycles. The van der Waals surface area contributed by atoms with Crippen LogP contribution in [0.15, 0.2) is 5.18 Å². The Morgan fingerprint density at radius 1 is 1.29 bits per heavy atom. The summed E-state index contributed by atoms with van der Waals surface area (Å²) in [7, 11) is 0. The number of nitroso groups, excluding NO2 is 1. The molecule has 0 aromatic heterocycles. The molecule has 5 heteroatoms. The molecule has 0 rings (SSSR count). The van der Waals surface area contributed by atoms with E-state index in [2.05, 4.69) is 0 Å². The van der Waals surface area contributed by atoms with Crippen molar-refractivity contribution in [2.75, 3.05) is 0 Å². The fraction of sp³-hybridized carbons (Fsp3) is 1.00. The zero-order valence-corrected chi connectivity index (χ0v) is 3.14. The van der Waals surface area contributed by atoms with Crippen molar-refractivity contribution < 1.29 is 13.2 Å². The van der Waals surface area contributed by atoms with Crippen molar-refractivity contribution in [1.82, 2.24) is 0 Å². The van der Waals surface area contributed by atoms with Crippen molar-refractivity contribution in [1.29, 1.82) is 0 Å². The zero-order chi connectivity index (χ0) is 5.86. The largest absolute Gasteiger partial charge is 0.292 e. The third kappa shape index (κ3) is 2.13. The number of halogens is 3. The molecule has 1 unspecified atom stereocenters. The van der Waals surface area contributed by atoms with E-state index < -0.39 is 12.7 Å². The van der Waals surface area contributed by atoms with Crippen molar-refractivity contribution >= 4 is 0 Å². The maximum absolute atomic E-state index is 11.0. The summed E-state index contributed by atoms with van der Waals surface area (Å²) >= 11 is 0. The Balaban J connectivity index is 3.33. The molecule has 0 heterocycles. The van der Waals surface area contributed by atoms with Gasteiger partial charge in [-0.3, -0.25) is 0 Å². The lowest BCUT2D eigenvalue weighted by Gasteiger charge is -1.90. The lowest BCUT2D eigenvalue weighted by molar-refractivity contribution is 0.0542. The van der Waals surface area contributed by atoms with Crippen LogP contribution in [0.3, 0.4) is 0 Å². The summed E-state index contributed by atoms with van der Waals surface area (Å²) in [5.41, 5.74) is 0. The van der Waals surface area contributed by atoms with Crippen molar-refractivity contribution in [3.8, 4) is 0 Å². The Hall–Kier alpha value is -0.610. The maximum atomic E-state index is 11.0. The molecule has 0 bridgehead atoms. The molecule has 0 aliphatic rings. The van der Waals surface area contributed by atoms with E-state index in [0.29, 0.717) is 0 Å². The molecule has 0 fully saturated rings. The van der Waals surface area contributed by atoms with Gasteiger partial charge in [0.1, 0.15) is 0 Å². The topological polar surface area (TPSA) is 29.4 Å². The first-order valence-corrected chi connectivity index (χ1v) is 1.43. The summed E-state index contributed by atoms with van der Waals surface area (Å²) in [5.74, 6) is 0. The number of alkyl halides is 3. The molecular weight excluding hydrogens is 111 g/mol. The van der Waals surface area contributed by atoms with Crippen LogP contribution in [0.2, 0.25) is 0 Å². The predicted octanol–water partition coefficient (Wildman–Crippen LogP) is 1.31. The first-order valence-electron chi connectivity index (χ1n) is 1.43. The molecule has 42 valence electrons. The van der Waals surface area contributed by atoms with E-state index in [1.165, 1.54) is 5.18 Å². The highest BCUT2D eigenvalue weighted by atomic mass is 19.3. The molecule has 1 atom stereocenters. The normalized spacial score (nSPS) is 14.3. The number of nitrogens with zero attached hydrogens (tertiary/aromatic N) is 1. The molecule has 0 N–H and O–H groups in total. The smallest absolute Gasteiger partial charge is 0.211 e. The highest BCUT2D eigenvalue weighted by Gasteiger charge is 2.18. The molecule has 0 amide bonds. The van der Waals surface area contributed by atoms with Crippen molar-refractivity contribution in [2.24, 2.45) is 5.18 Å². The summed E-state index contributed by atoms with van der Waals surface area (Å²) in [5, 5.41) is 1.42. The van der Waals surface area contributed by atoms with E-state index in [1.54, 1.807) is 0 Å². The van der Waals surface area contributed by atoms with Gasteiger partial charge in [0.05, 0.1) is 0 Å². The number of rotatable bonds is 2. The standard InChI is InChI=1S/C2H2F3NO/c3-1(4)2(5)6-7/h1-2H. The summed E-state index contributed by atoms with van der Waals surface area (Å²) < 4.78 is 32.5. The summed E-state index contributed by atoms with van der Waals surface area (Å²) in [6, 6.07) is 0. The summed E-state index contributed by atoms with van der Waals surface area (Å²) in [4.78, 5) is 8.84. The van der Waals surface area contributed by atoms with Crippen molar-refractivity contribution in [2.45, 2.75) is 12.7 Å². The molecular formula is C2H2F3NO. The molecule has 0 saturated heterocycles. The third-order valence-electron chi connectivity index (χ3n) is 0.309. The molecule has 0 aliphatic heterocycles. The van der Waals surface area contributed by atoms with Gasteiger partial charge in [0, 0.05) is 0 Å². The van der Waals surface area contributed by atoms with Gasteiger partial charge in [0.25, 0.3) is 12.7 Å². The second kappa shape index (κ2) is 2.54. The summed E-state index contributed by atoms with van der Waals surface area (Å²) in [6.07, 6.45) is -6.14. The number of hydrogen-bond donors (Lipinski definition) is 0. The maximum Gasteiger partial charge on any atom is 0.292 e. The van der Waals surface area contributed by atoms with Gasteiger partial charge in [-0.2, -0.15) is 0 Å². The molecule has 7 heavy (non-hydrogen) atoms. The number of hydrogen-bond acceptors (Lipinski definition) is 2. The Bertz CT molecular complexity index is 66.0. The second-order valence-corrected chi connectivity index (χ2v) is 0.813. The van der Waals surface area contributed by atoms with Gasteiger partial charge >= 0.3 is 0 Å². The molecule has 2 nitrogen and oxygen atoms in total. The van der Waals surface area contributed by atoms with Gasteiger partial charge in [-0.1, -0.05) is 0 Å². The molecule has 0 saturated carbocycles. The first-order chi connectivity index (χ1) is 3.18. The van der Waals surface area contributed by atoms with Crippen molar-refractivity contribution in [3.05, 3.63) is 4.91 Å². The van der Waals surface area contributed by atoms with Crippen LogP contribution in [0.1, 0.15) is 0 Å². The average molecular weight is 113 g/mol. The Morgan fingerprint density at radius 3 is 1.71 bits per heavy atom. The second-order valence-electron chi connectivity index (χ2n) is 0.813. The minimum atomic E-state index is -3.28. The highest BCUT2D eigenvalue weighted by Crippen LogP contribution is 2.04.